The van der Waals surface area contributed by atoms with E-state index in [0.717, 1.165) is 35.0 Å². The molecule has 4 heterocycles. The quantitative estimate of drug-likeness (QED) is 0.127. The van der Waals surface area contributed by atoms with Crippen molar-refractivity contribution < 1.29 is 44.3 Å². The highest BCUT2D eigenvalue weighted by Gasteiger charge is 2.34. The second-order valence-corrected chi connectivity index (χ2v) is 18.4. The van der Waals surface area contributed by atoms with Crippen LogP contribution in [0.3, 0.4) is 0 Å². The lowest BCUT2D eigenvalue weighted by Gasteiger charge is -2.16. The van der Waals surface area contributed by atoms with E-state index in [-0.39, 0.29) is 47.5 Å². The van der Waals surface area contributed by atoms with Gasteiger partial charge in [0.1, 0.15) is 11.4 Å². The van der Waals surface area contributed by atoms with Gasteiger partial charge in [0.25, 0.3) is 11.8 Å². The zero-order valence-electron chi connectivity index (χ0n) is 33.8. The van der Waals surface area contributed by atoms with E-state index < -0.39 is 37.7 Å². The Hall–Kier alpha value is -6.25. The molecule has 0 aliphatic carbocycles. The van der Waals surface area contributed by atoms with Crippen LogP contribution >= 0.6 is 11.6 Å². The maximum Gasteiger partial charge on any atom is 0.418 e. The Labute approximate surface area is 381 Å². The van der Waals surface area contributed by atoms with Crippen molar-refractivity contribution in [3.63, 3.8) is 0 Å². The molecule has 3 aromatic heterocycles. The van der Waals surface area contributed by atoms with Crippen molar-refractivity contribution in [1.82, 2.24) is 23.6 Å². The van der Waals surface area contributed by atoms with Gasteiger partial charge in [0.2, 0.25) is 20.0 Å². The number of nitrogens with zero attached hydrogens (tertiary/aromatic N) is 5. The molecule has 2 N–H and O–H groups in total. The van der Waals surface area contributed by atoms with Gasteiger partial charge in [-0.1, -0.05) is 32.5 Å². The van der Waals surface area contributed by atoms with Crippen LogP contribution in [-0.4, -0.2) is 86.5 Å². The molecule has 7 rings (SSSR count). The maximum atomic E-state index is 13.2. The average molecular weight is 954 g/mol. The Balaban J connectivity index is 0.000000276. The molecule has 65 heavy (non-hydrogen) atoms. The number of methoxy groups -OCH3 is 1. The van der Waals surface area contributed by atoms with Gasteiger partial charge in [-0.15, -0.1) is 0 Å². The molecule has 1 saturated heterocycles. The number of amides is 2. The number of sulfonamides is 2. The van der Waals surface area contributed by atoms with E-state index in [1.54, 1.807) is 48.7 Å². The van der Waals surface area contributed by atoms with Crippen LogP contribution in [0.15, 0.2) is 132 Å². The number of ether oxygens (including phenoxy) is 1. The molecule has 0 bridgehead atoms. The number of anilines is 2. The van der Waals surface area contributed by atoms with Crippen molar-refractivity contribution >= 4 is 54.8 Å². The molecular weight excluding hydrogens is 907 g/mol. The molecule has 0 saturated carbocycles. The maximum absolute atomic E-state index is 13.2. The summed E-state index contributed by atoms with van der Waals surface area (Å²) in [6, 6.07) is 25.0. The number of nitrogens with one attached hydrogen (secondary N) is 2. The molecule has 0 spiro atoms. The molecule has 2 amide bonds. The highest BCUT2D eigenvalue weighted by atomic mass is 35.5. The first-order valence-electron chi connectivity index (χ1n) is 18.9. The molecule has 0 radical (unpaired) electrons. The first kappa shape index (κ1) is 51.4. The van der Waals surface area contributed by atoms with Crippen LogP contribution < -0.4 is 15.4 Å². The van der Waals surface area contributed by atoms with Crippen LogP contribution in [0, 0.1) is 0 Å². The molecule has 0 atom stereocenters. The number of rotatable bonds is 11. The van der Waals surface area contributed by atoms with Crippen LogP contribution in [0.25, 0.3) is 22.5 Å². The van der Waals surface area contributed by atoms with Gasteiger partial charge in [0.05, 0.1) is 44.4 Å². The molecule has 20 heteroatoms. The molecule has 344 valence electrons. The molecule has 0 unspecified atom stereocenters. The molecule has 14 nitrogen and oxygen atoms in total. The van der Waals surface area contributed by atoms with Crippen LogP contribution in [0.5, 0.6) is 5.75 Å². The van der Waals surface area contributed by atoms with Gasteiger partial charge in [-0.3, -0.25) is 24.5 Å². The van der Waals surface area contributed by atoms with Crippen molar-refractivity contribution in [2.24, 2.45) is 0 Å². The standard InChI is InChI=1S/C23H22ClN3O4S.C20H17F3N4O3S.2CH4/c1-31-21-15-16(22-20(24)5-4-12-25-22)6-11-19(21)23(28)26-17-7-9-18(10-8-17)32(29,30)27-13-2-3-14-27;1-27(2)31(29,30)15-8-6-14(7-9-15)26-19(28)17-10-5-13(12-25-17)18-16(20(21,22)23)4-3-11-24-18;;/h4-12,15H,2-3,13-14H2,1H3,(H,26,28);3-12H,1-2H3,(H,26,28);2*1H4. The summed E-state index contributed by atoms with van der Waals surface area (Å²) in [5.74, 6) is -0.613. The number of hydrogen-bond donors (Lipinski definition) is 2. The Bertz CT molecular complexity index is 2830. The Morgan fingerprint density at radius 2 is 1.28 bits per heavy atom. The molecule has 1 aliphatic rings. The topological polar surface area (TPSA) is 181 Å². The Kier molecular flexibility index (Phi) is 17.1. The van der Waals surface area contributed by atoms with Crippen LogP contribution in [0.2, 0.25) is 5.02 Å². The molecule has 3 aromatic carbocycles. The minimum absolute atomic E-state index is 0. The van der Waals surface area contributed by atoms with Gasteiger partial charge in [-0.05, 0) is 110 Å². The number of aromatic nitrogens is 3. The van der Waals surface area contributed by atoms with Crippen molar-refractivity contribution in [1.29, 1.82) is 0 Å². The van der Waals surface area contributed by atoms with E-state index in [9.17, 15) is 39.6 Å². The van der Waals surface area contributed by atoms with Gasteiger partial charge in [0, 0.05) is 68.3 Å². The minimum Gasteiger partial charge on any atom is -0.496 e. The smallest absolute Gasteiger partial charge is 0.418 e. The Morgan fingerprint density at radius 3 is 1.82 bits per heavy atom. The SMILES string of the molecule is C.C.CN(C)S(=O)(=O)c1ccc(NC(=O)c2ccc(-c3ncccc3C(F)(F)F)cn2)cc1.COc1cc(-c2ncccc2Cl)ccc1C(=O)Nc1ccc(S(=O)(=O)N2CCCC2)cc1. The monoisotopic (exact) mass is 953 g/mol. The van der Waals surface area contributed by atoms with E-state index in [1.807, 2.05) is 0 Å². The number of pyridine rings is 3. The lowest BCUT2D eigenvalue weighted by Crippen LogP contribution is -2.27. The fourth-order valence-corrected chi connectivity index (χ4v) is 8.91. The highest BCUT2D eigenvalue weighted by molar-refractivity contribution is 7.89. The summed E-state index contributed by atoms with van der Waals surface area (Å²) in [5, 5.41) is 5.83. The zero-order chi connectivity index (χ0) is 45.5. The molecule has 6 aromatic rings. The predicted octanol–water partition coefficient (Wildman–Crippen LogP) is 9.38. The summed E-state index contributed by atoms with van der Waals surface area (Å²) in [7, 11) is -2.80. The van der Waals surface area contributed by atoms with E-state index in [0.29, 0.717) is 46.5 Å². The normalized spacial score (nSPS) is 12.8. The lowest BCUT2D eigenvalue weighted by atomic mass is 10.1. The average Bonchev–Trinajstić information content (AvgIpc) is 3.83. The fourth-order valence-electron chi connectivity index (χ4n) is 6.26. The third-order valence-electron chi connectivity index (χ3n) is 9.57. The third-order valence-corrected chi connectivity index (χ3v) is 13.6. The van der Waals surface area contributed by atoms with E-state index in [1.165, 1.54) is 86.3 Å². The lowest BCUT2D eigenvalue weighted by molar-refractivity contribution is -0.137. The minimum atomic E-state index is -4.58. The van der Waals surface area contributed by atoms with E-state index in [2.05, 4.69) is 25.6 Å². The van der Waals surface area contributed by atoms with Gasteiger partial charge < -0.3 is 15.4 Å². The van der Waals surface area contributed by atoms with Crippen LogP contribution in [-0.2, 0) is 26.2 Å². The van der Waals surface area contributed by atoms with Gasteiger partial charge in [-0.25, -0.2) is 21.1 Å². The fraction of sp³-hybridized carbons (Fsp3) is 0.222. The second kappa shape index (κ2) is 21.6. The summed E-state index contributed by atoms with van der Waals surface area (Å²) in [6.07, 6.45) is 1.19. The number of alkyl halides is 3. The summed E-state index contributed by atoms with van der Waals surface area (Å²) in [4.78, 5) is 37.5. The second-order valence-electron chi connectivity index (χ2n) is 13.9. The largest absolute Gasteiger partial charge is 0.496 e. The summed E-state index contributed by atoms with van der Waals surface area (Å²) >= 11 is 6.22. The van der Waals surface area contributed by atoms with Gasteiger partial charge in [0.15, 0.2) is 0 Å². The number of carbonyl (C=O) groups excluding carboxylic acids is 2. The molecule has 1 aliphatic heterocycles. The first-order chi connectivity index (χ1) is 29.9. The summed E-state index contributed by atoms with van der Waals surface area (Å²) in [5.41, 5.74) is 1.36. The summed E-state index contributed by atoms with van der Waals surface area (Å²) in [6.45, 7) is 1.08. The predicted molar refractivity (Wildman–Crippen MR) is 245 cm³/mol. The van der Waals surface area contributed by atoms with Crippen LogP contribution in [0.4, 0.5) is 24.5 Å². The van der Waals surface area contributed by atoms with E-state index in [4.69, 9.17) is 16.3 Å². The Morgan fingerprint density at radius 1 is 0.723 bits per heavy atom. The highest BCUT2D eigenvalue weighted by Crippen LogP contribution is 2.36. The van der Waals surface area contributed by atoms with E-state index >= 15 is 0 Å². The number of halogens is 4. The van der Waals surface area contributed by atoms with Crippen molar-refractivity contribution in [2.45, 2.75) is 43.7 Å². The zero-order valence-corrected chi connectivity index (χ0v) is 36.2. The van der Waals surface area contributed by atoms with Crippen molar-refractivity contribution in [3.8, 4) is 28.3 Å². The van der Waals surface area contributed by atoms with Crippen LogP contribution in [0.1, 0.15) is 54.1 Å². The van der Waals surface area contributed by atoms with Crippen molar-refractivity contribution in [3.05, 3.63) is 144 Å². The number of hydrogen-bond acceptors (Lipinski definition) is 10. The number of carbonyl (C=O) groups is 2. The van der Waals surface area contributed by atoms with Crippen molar-refractivity contribution in [2.75, 3.05) is 44.9 Å². The first-order valence-corrected chi connectivity index (χ1v) is 22.2. The number of benzene rings is 3. The summed E-state index contributed by atoms with van der Waals surface area (Å²) < 4.78 is 96.9. The molecule has 1 fully saturated rings. The molecular formula is C45H47ClF3N7O7S2. The van der Waals surface area contributed by atoms with Gasteiger partial charge in [-0.2, -0.15) is 17.5 Å². The van der Waals surface area contributed by atoms with Gasteiger partial charge >= 0.3 is 6.18 Å². The third kappa shape index (κ3) is 12.1.